The van der Waals surface area contributed by atoms with E-state index in [0.29, 0.717) is 11.5 Å². The van der Waals surface area contributed by atoms with Crippen LogP contribution in [0.15, 0.2) is 0 Å². The Hall–Kier alpha value is 0.944. The summed E-state index contributed by atoms with van der Waals surface area (Å²) in [6.45, 7) is 19.6. The molecule has 0 atom stereocenters. The minimum absolute atomic E-state index is 0. The molecule has 3 aliphatic rings. The summed E-state index contributed by atoms with van der Waals surface area (Å²) in [6, 6.07) is 0.709. The zero-order valence-corrected chi connectivity index (χ0v) is 16.6. The second-order valence-electron chi connectivity index (χ2n) is 6.42. The van der Waals surface area contributed by atoms with Gasteiger partial charge in [-0.05, 0) is 19.3 Å². The van der Waals surface area contributed by atoms with Crippen LogP contribution in [0.2, 0.25) is 0 Å². The van der Waals surface area contributed by atoms with E-state index in [1.54, 1.807) is 0 Å². The maximum Gasteiger partial charge on any atom is 0.0507 e. The van der Waals surface area contributed by atoms with Crippen LogP contribution >= 0.6 is 0 Å². The molecule has 3 fully saturated rings. The van der Waals surface area contributed by atoms with Gasteiger partial charge in [0.2, 0.25) is 0 Å². The van der Waals surface area contributed by atoms with Crippen LogP contribution < -0.4 is 0 Å². The second-order valence-corrected chi connectivity index (χ2v) is 6.42. The van der Waals surface area contributed by atoms with E-state index in [2.05, 4.69) is 33.9 Å². The molecule has 3 aliphatic heterocycles. The molecular weight excluding hydrogens is 325 g/mol. The Morgan fingerprint density at radius 1 is 0.950 bits per heavy atom. The van der Waals surface area contributed by atoms with Gasteiger partial charge in [-0.2, -0.15) is 0 Å². The van der Waals surface area contributed by atoms with Gasteiger partial charge in [0.1, 0.15) is 0 Å². The molecule has 0 aromatic heterocycles. The fourth-order valence-electron chi connectivity index (χ4n) is 3.33. The van der Waals surface area contributed by atoms with E-state index in [0.717, 1.165) is 13.1 Å². The van der Waals surface area contributed by atoms with Crippen molar-refractivity contribution < 1.29 is 32.7 Å². The maximum atomic E-state index is 4.36. The minimum Gasteiger partial charge on any atom is -0.661 e. The monoisotopic (exact) mass is 356 g/mol. The maximum absolute atomic E-state index is 4.36. The number of likely N-dealkylation sites (tertiary alicyclic amines) is 1. The first-order chi connectivity index (χ1) is 9.17. The largest absolute Gasteiger partial charge is 0.661 e. The van der Waals surface area contributed by atoms with E-state index in [9.17, 15) is 0 Å². The first-order valence-corrected chi connectivity index (χ1v) is 7.99. The molecule has 0 aromatic carbocycles. The summed E-state index contributed by atoms with van der Waals surface area (Å²) in [5.41, 5.74) is 0.625. The summed E-state index contributed by atoms with van der Waals surface area (Å²) in [5, 5.41) is 4.36. The van der Waals surface area contributed by atoms with Crippen molar-refractivity contribution in [2.75, 3.05) is 59.0 Å². The SMILES string of the molecule is CC.CC(C)N1CCN(CN2CC3(C[N-]C3)C2)CC1.[Y]. The molecule has 0 aliphatic carbocycles. The predicted octanol–water partition coefficient (Wildman–Crippen LogP) is 1.68. The van der Waals surface area contributed by atoms with Crippen molar-refractivity contribution in [3.05, 3.63) is 5.32 Å². The first-order valence-electron chi connectivity index (χ1n) is 7.99. The second kappa shape index (κ2) is 8.54. The van der Waals surface area contributed by atoms with E-state index in [1.165, 1.54) is 45.9 Å². The molecule has 5 heteroatoms. The molecule has 20 heavy (non-hydrogen) atoms. The Morgan fingerprint density at radius 3 is 1.90 bits per heavy atom. The Morgan fingerprint density at radius 2 is 1.50 bits per heavy atom. The molecular formula is C15H31N4Y-. The molecule has 1 spiro atoms. The number of hydrogen-bond donors (Lipinski definition) is 0. The average molecular weight is 356 g/mol. The number of piperazine rings is 1. The molecule has 3 rings (SSSR count). The van der Waals surface area contributed by atoms with E-state index < -0.39 is 0 Å². The summed E-state index contributed by atoms with van der Waals surface area (Å²) < 4.78 is 0. The summed E-state index contributed by atoms with van der Waals surface area (Å²) >= 11 is 0. The van der Waals surface area contributed by atoms with Crippen LogP contribution in [-0.4, -0.2) is 79.8 Å². The Kier molecular flexibility index (Phi) is 8.11. The zero-order valence-electron chi connectivity index (χ0n) is 13.8. The van der Waals surface area contributed by atoms with Crippen molar-refractivity contribution in [3.8, 4) is 0 Å². The van der Waals surface area contributed by atoms with Crippen LogP contribution in [0.25, 0.3) is 5.32 Å². The number of hydrogen-bond acceptors (Lipinski definition) is 3. The quantitative estimate of drug-likeness (QED) is 0.769. The molecule has 0 unspecified atom stereocenters. The van der Waals surface area contributed by atoms with Crippen molar-refractivity contribution in [2.24, 2.45) is 5.41 Å². The predicted molar refractivity (Wildman–Crippen MR) is 81.6 cm³/mol. The Bertz CT molecular complexity index is 265. The normalized spacial score (nSPS) is 26.2. The van der Waals surface area contributed by atoms with Crippen molar-refractivity contribution in [2.45, 2.75) is 33.7 Å². The molecule has 4 nitrogen and oxygen atoms in total. The van der Waals surface area contributed by atoms with Crippen LogP contribution in [0.5, 0.6) is 0 Å². The fourth-order valence-corrected chi connectivity index (χ4v) is 3.33. The van der Waals surface area contributed by atoms with Gasteiger partial charge in [0.15, 0.2) is 0 Å². The van der Waals surface area contributed by atoms with E-state index in [4.69, 9.17) is 0 Å². The summed E-state index contributed by atoms with van der Waals surface area (Å²) in [6.07, 6.45) is 0. The van der Waals surface area contributed by atoms with Crippen LogP contribution in [0, 0.1) is 5.41 Å². The Labute approximate surface area is 150 Å². The number of rotatable bonds is 3. The standard InChI is InChI=1S/C13H25N4.C2H6.Y/c1-12(2)17-5-3-15(4-6-17)11-16-9-13(10-16)7-14-8-13;1-2;/h12H,3-11H2,1-2H3;1-2H3;/q-1;;. The molecule has 0 aromatic rings. The van der Waals surface area contributed by atoms with Crippen LogP contribution in [0.1, 0.15) is 27.7 Å². The van der Waals surface area contributed by atoms with Crippen LogP contribution in [0.4, 0.5) is 0 Å². The van der Waals surface area contributed by atoms with E-state index in [1.807, 2.05) is 13.8 Å². The molecule has 1 radical (unpaired) electrons. The van der Waals surface area contributed by atoms with Gasteiger partial charge < -0.3 is 5.32 Å². The zero-order chi connectivity index (χ0) is 13.9. The third kappa shape index (κ3) is 4.47. The molecule has 115 valence electrons. The fraction of sp³-hybridized carbons (Fsp3) is 1.00. The number of nitrogens with zero attached hydrogens (tertiary/aromatic N) is 4. The van der Waals surface area contributed by atoms with Gasteiger partial charge in [-0.15, -0.1) is 13.1 Å². The van der Waals surface area contributed by atoms with Gasteiger partial charge in [0.25, 0.3) is 0 Å². The smallest absolute Gasteiger partial charge is 0.0507 e. The summed E-state index contributed by atoms with van der Waals surface area (Å²) in [4.78, 5) is 7.79. The van der Waals surface area contributed by atoms with Crippen LogP contribution in [-0.2, 0) is 32.7 Å². The van der Waals surface area contributed by atoms with Crippen molar-refractivity contribution in [1.29, 1.82) is 0 Å². The third-order valence-corrected chi connectivity index (χ3v) is 4.55. The van der Waals surface area contributed by atoms with Gasteiger partial charge in [0, 0.05) is 78.0 Å². The summed E-state index contributed by atoms with van der Waals surface area (Å²) in [7, 11) is 0. The van der Waals surface area contributed by atoms with Gasteiger partial charge in [-0.1, -0.05) is 13.8 Å². The van der Waals surface area contributed by atoms with Crippen molar-refractivity contribution >= 4 is 0 Å². The molecule has 3 saturated heterocycles. The van der Waals surface area contributed by atoms with E-state index >= 15 is 0 Å². The van der Waals surface area contributed by atoms with Gasteiger partial charge in [-0.25, -0.2) is 0 Å². The average Bonchev–Trinajstić information content (AvgIpc) is 2.34. The molecule has 3 heterocycles. The molecule has 0 N–H and O–H groups in total. The van der Waals surface area contributed by atoms with Crippen molar-refractivity contribution in [3.63, 3.8) is 0 Å². The topological polar surface area (TPSA) is 23.8 Å². The molecule has 0 bridgehead atoms. The van der Waals surface area contributed by atoms with Gasteiger partial charge >= 0.3 is 0 Å². The van der Waals surface area contributed by atoms with Gasteiger partial charge in [-0.3, -0.25) is 14.7 Å². The summed E-state index contributed by atoms with van der Waals surface area (Å²) in [5.74, 6) is 0. The molecule has 0 saturated carbocycles. The third-order valence-electron chi connectivity index (χ3n) is 4.55. The molecule has 0 amide bonds. The Balaban J connectivity index is 0.000000639. The minimum atomic E-state index is 0. The first kappa shape index (κ1) is 19.0. The van der Waals surface area contributed by atoms with E-state index in [-0.39, 0.29) is 32.7 Å². The van der Waals surface area contributed by atoms with Crippen molar-refractivity contribution in [1.82, 2.24) is 14.7 Å². The van der Waals surface area contributed by atoms with Gasteiger partial charge in [0.05, 0.1) is 6.67 Å². The van der Waals surface area contributed by atoms with Crippen LogP contribution in [0.3, 0.4) is 0 Å².